The number of benzene rings is 2. The number of hydrogen-bond acceptors (Lipinski definition) is 4. The van der Waals surface area contributed by atoms with Gasteiger partial charge in [-0.15, -0.1) is 5.10 Å². The lowest BCUT2D eigenvalue weighted by Crippen LogP contribution is -2.30. The highest BCUT2D eigenvalue weighted by Gasteiger charge is 2.06. The van der Waals surface area contributed by atoms with Crippen molar-refractivity contribution in [2.45, 2.75) is 6.42 Å². The summed E-state index contributed by atoms with van der Waals surface area (Å²) in [4.78, 5) is 24.5. The first-order valence-electron chi connectivity index (χ1n) is 7.85. The van der Waals surface area contributed by atoms with Gasteiger partial charge in [0.1, 0.15) is 0 Å². The summed E-state index contributed by atoms with van der Waals surface area (Å²) in [5.41, 5.74) is 4.18. The molecular weight excluding hydrogens is 336 g/mol. The van der Waals surface area contributed by atoms with Gasteiger partial charge in [0.25, 0.3) is 5.91 Å². The molecule has 3 rings (SSSR count). The van der Waals surface area contributed by atoms with Crippen molar-refractivity contribution in [3.8, 4) is 0 Å². The fourth-order valence-electron chi connectivity index (χ4n) is 2.34. The third-order valence-electron chi connectivity index (χ3n) is 3.66. The lowest BCUT2D eigenvalue weighted by atomic mass is 10.2. The van der Waals surface area contributed by atoms with Gasteiger partial charge in [-0.25, -0.2) is 5.43 Å². The summed E-state index contributed by atoms with van der Waals surface area (Å²) in [7, 11) is 1.91. The van der Waals surface area contributed by atoms with Crippen molar-refractivity contribution in [3.63, 3.8) is 0 Å². The molecule has 7 heteroatoms. The number of aryl methyl sites for hydroxylation is 1. The number of fused-ring (bicyclic) bond motifs is 1. The molecule has 0 aliphatic rings. The van der Waals surface area contributed by atoms with Crippen molar-refractivity contribution in [1.29, 1.82) is 0 Å². The second kappa shape index (κ2) is 7.76. The van der Waals surface area contributed by atoms with Crippen LogP contribution in [0.25, 0.3) is 10.2 Å². The molecular formula is C18H18N4O2S. The zero-order chi connectivity index (χ0) is 17.6. The molecule has 0 aliphatic heterocycles. The number of aromatic nitrogens is 1. The highest BCUT2D eigenvalue weighted by molar-refractivity contribution is 7.16. The van der Waals surface area contributed by atoms with E-state index in [0.717, 1.165) is 10.2 Å². The molecule has 0 radical (unpaired) electrons. The van der Waals surface area contributed by atoms with Gasteiger partial charge >= 0.3 is 0 Å². The number of carbonyl (C=O) groups is 2. The Balaban J connectivity index is 1.54. The predicted molar refractivity (Wildman–Crippen MR) is 97.9 cm³/mol. The number of para-hydroxylation sites is 1. The van der Waals surface area contributed by atoms with Crippen molar-refractivity contribution in [3.05, 3.63) is 65.0 Å². The number of nitrogens with one attached hydrogen (secondary N) is 2. The van der Waals surface area contributed by atoms with Crippen LogP contribution in [0.2, 0.25) is 0 Å². The molecule has 0 spiro atoms. The Morgan fingerprint density at radius 1 is 1.08 bits per heavy atom. The van der Waals surface area contributed by atoms with Gasteiger partial charge in [0.05, 0.1) is 10.2 Å². The van der Waals surface area contributed by atoms with Crippen LogP contribution >= 0.6 is 11.3 Å². The van der Waals surface area contributed by atoms with Gasteiger partial charge in [0.15, 0.2) is 0 Å². The monoisotopic (exact) mass is 354 g/mol. The molecule has 0 saturated carbocycles. The number of carbonyl (C=O) groups excluding carboxylic acids is 2. The van der Waals surface area contributed by atoms with Gasteiger partial charge in [0, 0.05) is 25.6 Å². The Kier molecular flexibility index (Phi) is 5.25. The van der Waals surface area contributed by atoms with E-state index in [1.807, 2.05) is 41.9 Å². The van der Waals surface area contributed by atoms with E-state index in [0.29, 0.717) is 10.4 Å². The van der Waals surface area contributed by atoms with Crippen LogP contribution in [0, 0.1) is 0 Å². The minimum absolute atomic E-state index is 0.163. The summed E-state index contributed by atoms with van der Waals surface area (Å²) in [6, 6.07) is 16.9. The fourth-order valence-corrected chi connectivity index (χ4v) is 3.31. The summed E-state index contributed by atoms with van der Waals surface area (Å²) in [6.07, 6.45) is 0.163. The maximum atomic E-state index is 11.9. The zero-order valence-corrected chi connectivity index (χ0v) is 14.5. The highest BCUT2D eigenvalue weighted by atomic mass is 32.1. The van der Waals surface area contributed by atoms with E-state index in [2.05, 4.69) is 15.8 Å². The van der Waals surface area contributed by atoms with Crippen molar-refractivity contribution in [2.24, 2.45) is 12.1 Å². The van der Waals surface area contributed by atoms with Crippen molar-refractivity contribution in [1.82, 2.24) is 15.3 Å². The van der Waals surface area contributed by atoms with Crippen LogP contribution in [0.3, 0.4) is 0 Å². The van der Waals surface area contributed by atoms with E-state index in [4.69, 9.17) is 0 Å². The molecule has 2 N–H and O–H groups in total. The summed E-state index contributed by atoms with van der Waals surface area (Å²) >= 11 is 1.50. The van der Waals surface area contributed by atoms with Gasteiger partial charge in [-0.05, 0) is 24.3 Å². The van der Waals surface area contributed by atoms with Crippen LogP contribution < -0.4 is 15.5 Å². The third-order valence-corrected chi connectivity index (χ3v) is 4.78. The van der Waals surface area contributed by atoms with E-state index >= 15 is 0 Å². The Bertz CT molecular complexity index is 960. The SMILES string of the molecule is Cn1/c(=N/NC(=O)CCNC(=O)c2ccccc2)sc2ccccc21. The smallest absolute Gasteiger partial charge is 0.251 e. The Hall–Kier alpha value is -2.93. The van der Waals surface area contributed by atoms with Crippen LogP contribution in [0.1, 0.15) is 16.8 Å². The summed E-state index contributed by atoms with van der Waals surface area (Å²) in [5, 5.41) is 6.88. The average molecular weight is 354 g/mol. The Morgan fingerprint density at radius 3 is 2.56 bits per heavy atom. The van der Waals surface area contributed by atoms with Crippen molar-refractivity contribution < 1.29 is 9.59 Å². The van der Waals surface area contributed by atoms with Crippen molar-refractivity contribution >= 4 is 33.4 Å². The molecule has 1 aromatic heterocycles. The van der Waals surface area contributed by atoms with E-state index in [-0.39, 0.29) is 24.8 Å². The third kappa shape index (κ3) is 4.13. The van der Waals surface area contributed by atoms with Gasteiger partial charge in [-0.3, -0.25) is 9.59 Å². The topological polar surface area (TPSA) is 75.5 Å². The van der Waals surface area contributed by atoms with E-state index in [1.165, 1.54) is 11.3 Å². The van der Waals surface area contributed by atoms with Crippen LogP contribution in [0.4, 0.5) is 0 Å². The standard InChI is InChI=1S/C18H18N4O2S/c1-22-14-9-5-6-10-15(14)25-18(22)21-20-16(23)11-12-19-17(24)13-7-3-2-4-8-13/h2-10H,11-12H2,1H3,(H,19,24)(H,20,23)/b21-18-. The summed E-state index contributed by atoms with van der Waals surface area (Å²) < 4.78 is 3.03. The molecule has 1 heterocycles. The van der Waals surface area contributed by atoms with Crippen LogP contribution in [-0.2, 0) is 11.8 Å². The Morgan fingerprint density at radius 2 is 1.80 bits per heavy atom. The molecule has 0 unspecified atom stereocenters. The lowest BCUT2D eigenvalue weighted by molar-refractivity contribution is -0.121. The largest absolute Gasteiger partial charge is 0.352 e. The van der Waals surface area contributed by atoms with Crippen LogP contribution in [0.5, 0.6) is 0 Å². The van der Waals surface area contributed by atoms with Crippen LogP contribution in [-0.4, -0.2) is 22.9 Å². The number of thiazole rings is 1. The van der Waals surface area contributed by atoms with Crippen LogP contribution in [0.15, 0.2) is 59.7 Å². The molecule has 128 valence electrons. The zero-order valence-electron chi connectivity index (χ0n) is 13.7. The number of hydrogen-bond donors (Lipinski definition) is 2. The summed E-state index contributed by atoms with van der Waals surface area (Å²) in [5.74, 6) is -0.438. The molecule has 6 nitrogen and oxygen atoms in total. The first-order valence-corrected chi connectivity index (χ1v) is 8.67. The number of rotatable bonds is 5. The lowest BCUT2D eigenvalue weighted by Gasteiger charge is -2.04. The minimum Gasteiger partial charge on any atom is -0.352 e. The molecule has 0 fully saturated rings. The molecule has 0 saturated heterocycles. The molecule has 0 aliphatic carbocycles. The fraction of sp³-hybridized carbons (Fsp3) is 0.167. The minimum atomic E-state index is -0.245. The van der Waals surface area contributed by atoms with Gasteiger partial charge in [0.2, 0.25) is 10.7 Å². The summed E-state index contributed by atoms with van der Waals surface area (Å²) in [6.45, 7) is 0.258. The second-order valence-electron chi connectivity index (χ2n) is 5.43. The molecule has 2 amide bonds. The van der Waals surface area contributed by atoms with E-state index in [9.17, 15) is 9.59 Å². The van der Waals surface area contributed by atoms with Gasteiger partial charge in [-0.2, -0.15) is 0 Å². The molecule has 0 bridgehead atoms. The Labute approximate surface area is 148 Å². The molecule has 2 aromatic carbocycles. The maximum absolute atomic E-state index is 11.9. The first-order chi connectivity index (χ1) is 12.1. The van der Waals surface area contributed by atoms with E-state index < -0.39 is 0 Å². The average Bonchev–Trinajstić information content (AvgIpc) is 2.97. The second-order valence-corrected chi connectivity index (χ2v) is 6.44. The van der Waals surface area contributed by atoms with Crippen molar-refractivity contribution in [2.75, 3.05) is 6.54 Å². The predicted octanol–water partition coefficient (Wildman–Crippen LogP) is 1.99. The molecule has 0 atom stereocenters. The van der Waals surface area contributed by atoms with Gasteiger partial charge < -0.3 is 9.88 Å². The quantitative estimate of drug-likeness (QED) is 0.688. The maximum Gasteiger partial charge on any atom is 0.251 e. The molecule has 3 aromatic rings. The highest BCUT2D eigenvalue weighted by Crippen LogP contribution is 2.14. The van der Waals surface area contributed by atoms with E-state index in [1.54, 1.807) is 24.3 Å². The first kappa shape index (κ1) is 16.9. The normalized spacial score (nSPS) is 11.5. The number of nitrogens with zero attached hydrogens (tertiary/aromatic N) is 2. The van der Waals surface area contributed by atoms with Gasteiger partial charge in [-0.1, -0.05) is 41.7 Å². The number of amides is 2. The molecule has 25 heavy (non-hydrogen) atoms.